The Hall–Kier alpha value is -0.0800. The topological polar surface area (TPSA) is 21.3 Å². The van der Waals surface area contributed by atoms with Crippen LogP contribution in [0.5, 0.6) is 0 Å². The van der Waals surface area contributed by atoms with Crippen LogP contribution in [0.15, 0.2) is 0 Å². The Labute approximate surface area is 119 Å². The van der Waals surface area contributed by atoms with Gasteiger partial charge in [-0.15, -0.1) is 0 Å². The van der Waals surface area contributed by atoms with Gasteiger partial charge in [-0.2, -0.15) is 0 Å². The summed E-state index contributed by atoms with van der Waals surface area (Å²) in [6, 6.07) is 0.712. The molecular formula is C17H33NO. The lowest BCUT2D eigenvalue weighted by molar-refractivity contribution is -0.0590. The van der Waals surface area contributed by atoms with Crippen molar-refractivity contribution < 1.29 is 4.74 Å². The molecule has 0 aromatic heterocycles. The van der Waals surface area contributed by atoms with E-state index in [1.807, 2.05) is 0 Å². The first kappa shape index (κ1) is 15.3. The van der Waals surface area contributed by atoms with Gasteiger partial charge < -0.3 is 10.1 Å². The minimum atomic E-state index is 0.531. The van der Waals surface area contributed by atoms with E-state index in [4.69, 9.17) is 4.74 Å². The van der Waals surface area contributed by atoms with Crippen LogP contribution in [-0.2, 0) is 4.74 Å². The third-order valence-corrected chi connectivity index (χ3v) is 5.01. The molecular weight excluding hydrogens is 234 g/mol. The zero-order chi connectivity index (χ0) is 13.5. The summed E-state index contributed by atoms with van der Waals surface area (Å²) in [6.07, 6.45) is 14.3. The summed E-state index contributed by atoms with van der Waals surface area (Å²) in [5, 5.41) is 3.68. The van der Waals surface area contributed by atoms with E-state index in [1.54, 1.807) is 0 Å². The molecule has 2 aliphatic rings. The summed E-state index contributed by atoms with van der Waals surface area (Å²) in [5.74, 6) is 0.927. The fraction of sp³-hybridized carbons (Fsp3) is 1.00. The Morgan fingerprint density at radius 1 is 0.947 bits per heavy atom. The van der Waals surface area contributed by atoms with Crippen molar-refractivity contribution in [2.45, 2.75) is 96.3 Å². The maximum Gasteiger partial charge on any atom is 0.0593 e. The van der Waals surface area contributed by atoms with Gasteiger partial charge in [-0.25, -0.2) is 0 Å². The Balaban J connectivity index is 1.72. The molecule has 0 bridgehead atoms. The molecule has 0 spiro atoms. The summed E-state index contributed by atoms with van der Waals surface area (Å²) in [4.78, 5) is 0. The van der Waals surface area contributed by atoms with E-state index < -0.39 is 0 Å². The van der Waals surface area contributed by atoms with Crippen molar-refractivity contribution in [1.29, 1.82) is 0 Å². The quantitative estimate of drug-likeness (QED) is 0.775. The smallest absolute Gasteiger partial charge is 0.0593 e. The van der Waals surface area contributed by atoms with Crippen molar-refractivity contribution in [3.05, 3.63) is 0 Å². The van der Waals surface area contributed by atoms with Crippen LogP contribution in [0.2, 0.25) is 0 Å². The van der Waals surface area contributed by atoms with Crippen molar-refractivity contribution in [2.24, 2.45) is 5.92 Å². The average Bonchev–Trinajstić information content (AvgIpc) is 2.46. The molecule has 2 saturated carbocycles. The van der Waals surface area contributed by atoms with Gasteiger partial charge in [-0.3, -0.25) is 0 Å². The fourth-order valence-corrected chi connectivity index (χ4v) is 3.81. The van der Waals surface area contributed by atoms with E-state index in [0.717, 1.165) is 5.92 Å². The Morgan fingerprint density at radius 2 is 1.68 bits per heavy atom. The maximum absolute atomic E-state index is 6.43. The van der Waals surface area contributed by atoms with E-state index in [9.17, 15) is 0 Å². The summed E-state index contributed by atoms with van der Waals surface area (Å²) < 4.78 is 6.43. The lowest BCUT2D eigenvalue weighted by Gasteiger charge is -2.35. The maximum atomic E-state index is 6.43. The first-order chi connectivity index (χ1) is 9.31. The SMILES string of the molecule is CCCNC1CCCC(OC2CCCC(CC)C2)C1. The normalized spacial score (nSPS) is 36.3. The van der Waals surface area contributed by atoms with Crippen LogP contribution in [0.1, 0.15) is 78.1 Å². The zero-order valence-electron chi connectivity index (χ0n) is 13.0. The number of nitrogens with one attached hydrogen (secondary N) is 1. The monoisotopic (exact) mass is 267 g/mol. The molecule has 2 rings (SSSR count). The fourth-order valence-electron chi connectivity index (χ4n) is 3.81. The first-order valence-corrected chi connectivity index (χ1v) is 8.70. The number of rotatable bonds is 6. The van der Waals surface area contributed by atoms with E-state index in [-0.39, 0.29) is 0 Å². The molecule has 0 aromatic carbocycles. The first-order valence-electron chi connectivity index (χ1n) is 8.70. The van der Waals surface area contributed by atoms with Crippen LogP contribution < -0.4 is 5.32 Å². The van der Waals surface area contributed by atoms with Crippen LogP contribution in [0.3, 0.4) is 0 Å². The minimum Gasteiger partial charge on any atom is -0.375 e. The third-order valence-electron chi connectivity index (χ3n) is 5.01. The average molecular weight is 267 g/mol. The molecule has 2 aliphatic carbocycles. The highest BCUT2D eigenvalue weighted by atomic mass is 16.5. The van der Waals surface area contributed by atoms with E-state index in [0.29, 0.717) is 18.2 Å². The molecule has 4 unspecified atom stereocenters. The molecule has 112 valence electrons. The highest BCUT2D eigenvalue weighted by Gasteiger charge is 2.27. The summed E-state index contributed by atoms with van der Waals surface area (Å²) in [5.41, 5.74) is 0. The van der Waals surface area contributed by atoms with Crippen LogP contribution in [-0.4, -0.2) is 24.8 Å². The summed E-state index contributed by atoms with van der Waals surface area (Å²) in [6.45, 7) is 5.74. The Bertz CT molecular complexity index is 243. The molecule has 2 heteroatoms. The van der Waals surface area contributed by atoms with Crippen molar-refractivity contribution >= 4 is 0 Å². The van der Waals surface area contributed by atoms with Gasteiger partial charge in [0.05, 0.1) is 12.2 Å². The molecule has 0 heterocycles. The molecule has 1 N–H and O–H groups in total. The second kappa shape index (κ2) is 8.26. The van der Waals surface area contributed by atoms with Crippen LogP contribution in [0.25, 0.3) is 0 Å². The lowest BCUT2D eigenvalue weighted by Crippen LogP contribution is -2.39. The van der Waals surface area contributed by atoms with Crippen molar-refractivity contribution in [2.75, 3.05) is 6.54 Å². The van der Waals surface area contributed by atoms with Crippen LogP contribution in [0, 0.1) is 5.92 Å². The summed E-state index contributed by atoms with van der Waals surface area (Å²) >= 11 is 0. The van der Waals surface area contributed by atoms with Crippen molar-refractivity contribution in [3.63, 3.8) is 0 Å². The van der Waals surface area contributed by atoms with Gasteiger partial charge in [0, 0.05) is 6.04 Å². The van der Waals surface area contributed by atoms with Gasteiger partial charge in [0.25, 0.3) is 0 Å². The van der Waals surface area contributed by atoms with Gasteiger partial charge in [0.2, 0.25) is 0 Å². The molecule has 2 fully saturated rings. The standard InChI is InChI=1S/C17H33NO/c1-3-11-18-15-8-6-10-17(13-15)19-16-9-5-7-14(4-2)12-16/h14-18H,3-13H2,1-2H3. The number of ether oxygens (including phenoxy) is 1. The summed E-state index contributed by atoms with van der Waals surface area (Å²) in [7, 11) is 0. The minimum absolute atomic E-state index is 0.531. The molecule has 0 aromatic rings. The molecule has 2 nitrogen and oxygen atoms in total. The van der Waals surface area contributed by atoms with Gasteiger partial charge in [-0.1, -0.05) is 33.1 Å². The number of hydrogen-bond donors (Lipinski definition) is 1. The largest absolute Gasteiger partial charge is 0.375 e. The predicted octanol–water partition coefficient (Wildman–Crippen LogP) is 4.28. The lowest BCUT2D eigenvalue weighted by atomic mass is 9.85. The van der Waals surface area contributed by atoms with Gasteiger partial charge >= 0.3 is 0 Å². The molecule has 0 amide bonds. The van der Waals surface area contributed by atoms with E-state index in [1.165, 1.54) is 70.8 Å². The molecule has 0 saturated heterocycles. The second-order valence-corrected chi connectivity index (χ2v) is 6.64. The Kier molecular flexibility index (Phi) is 6.66. The molecule has 4 atom stereocenters. The predicted molar refractivity (Wildman–Crippen MR) is 81.5 cm³/mol. The highest BCUT2D eigenvalue weighted by molar-refractivity contribution is 4.81. The van der Waals surface area contributed by atoms with Crippen LogP contribution in [0.4, 0.5) is 0 Å². The Morgan fingerprint density at radius 3 is 2.42 bits per heavy atom. The van der Waals surface area contributed by atoms with Crippen molar-refractivity contribution in [1.82, 2.24) is 5.32 Å². The molecule has 0 aliphatic heterocycles. The highest BCUT2D eigenvalue weighted by Crippen LogP contribution is 2.31. The molecule has 19 heavy (non-hydrogen) atoms. The third kappa shape index (κ3) is 5.07. The van der Waals surface area contributed by atoms with Crippen LogP contribution >= 0.6 is 0 Å². The number of hydrogen-bond acceptors (Lipinski definition) is 2. The molecule has 0 radical (unpaired) electrons. The van der Waals surface area contributed by atoms with Gasteiger partial charge in [-0.05, 0) is 57.4 Å². The van der Waals surface area contributed by atoms with Gasteiger partial charge in [0.15, 0.2) is 0 Å². The second-order valence-electron chi connectivity index (χ2n) is 6.64. The van der Waals surface area contributed by atoms with E-state index in [2.05, 4.69) is 19.2 Å². The zero-order valence-corrected chi connectivity index (χ0v) is 13.0. The van der Waals surface area contributed by atoms with Crippen molar-refractivity contribution in [3.8, 4) is 0 Å². The van der Waals surface area contributed by atoms with Gasteiger partial charge in [0.1, 0.15) is 0 Å². The van der Waals surface area contributed by atoms with E-state index >= 15 is 0 Å².